The van der Waals surface area contributed by atoms with Gasteiger partial charge in [0, 0.05) is 65.4 Å². The van der Waals surface area contributed by atoms with Gasteiger partial charge in [0.1, 0.15) is 0 Å². The van der Waals surface area contributed by atoms with Crippen LogP contribution < -0.4 is 26.2 Å². The summed E-state index contributed by atoms with van der Waals surface area (Å²) in [5.41, 5.74) is 29.1. The van der Waals surface area contributed by atoms with Gasteiger partial charge < -0.3 is 9.80 Å². The molecule has 2 aliphatic carbocycles. The number of fused-ring (bicyclic) bond motifs is 12. The first-order valence-electron chi connectivity index (χ1n) is 28.0. The van der Waals surface area contributed by atoms with Crippen LogP contribution in [-0.4, -0.2) is 6.71 Å². The fourth-order valence-electron chi connectivity index (χ4n) is 15.3. The van der Waals surface area contributed by atoms with Crippen molar-refractivity contribution in [1.82, 2.24) is 0 Å². The van der Waals surface area contributed by atoms with Crippen LogP contribution in [-0.2, 0) is 21.7 Å². The zero-order chi connectivity index (χ0) is 53.4. The zero-order valence-corrected chi connectivity index (χ0v) is 47.2. The first kappa shape index (κ1) is 47.3. The lowest BCUT2D eigenvalue weighted by atomic mass is 9.33. The van der Waals surface area contributed by atoms with Crippen LogP contribution in [0.1, 0.15) is 111 Å². The number of rotatable bonds is 4. The summed E-state index contributed by atoms with van der Waals surface area (Å²) >= 11 is 1.94. The predicted octanol–water partition coefficient (Wildman–Crippen LogP) is 18.0. The van der Waals surface area contributed by atoms with Crippen LogP contribution >= 0.6 is 11.3 Å². The van der Waals surface area contributed by atoms with E-state index in [4.69, 9.17) is 0 Å². The molecule has 0 unspecified atom stereocenters. The normalized spacial score (nSPS) is 16.4. The first-order valence-corrected chi connectivity index (χ1v) is 28.9. The molecule has 4 heteroatoms. The van der Waals surface area contributed by atoms with Crippen molar-refractivity contribution >= 4 is 88.7 Å². The van der Waals surface area contributed by atoms with E-state index in [9.17, 15) is 0 Å². The third-order valence-electron chi connectivity index (χ3n) is 19.2. The van der Waals surface area contributed by atoms with Crippen LogP contribution in [0.4, 0.5) is 34.1 Å². The number of para-hydroxylation sites is 1. The molecule has 0 bridgehead atoms. The standard InChI is InChI=1S/C74H63BN2S/c1-44-23-22-24-45(2)67(44)47-39-64-68-65(40-47)77(62-33-20-14-27-49(62)46-25-12-11-13-26-46)69-60(38-36-51-50-28-15-21-34-66(50)78-70(51)69)75(68)61-42-58-59(74(9,10)55-32-19-18-31-54(55)73(58,7)8)43-63(61)76(64)48-35-37-56-57(41-48)72(5,6)53-30-17-16-29-52(53)71(56,3)4/h11-43H,1-10H3. The van der Waals surface area contributed by atoms with Gasteiger partial charge >= 0.3 is 0 Å². The molecule has 0 N–H and O–H groups in total. The molecule has 3 heterocycles. The van der Waals surface area contributed by atoms with Crippen LogP contribution in [0.25, 0.3) is 42.4 Å². The molecule has 0 radical (unpaired) electrons. The summed E-state index contributed by atoms with van der Waals surface area (Å²) in [5.74, 6) is 0. The minimum atomic E-state index is -0.259. The molecule has 1 aromatic heterocycles. The molecule has 2 aliphatic heterocycles. The summed E-state index contributed by atoms with van der Waals surface area (Å²) in [4.78, 5) is 5.40. The van der Waals surface area contributed by atoms with E-state index >= 15 is 0 Å². The number of thiophene rings is 1. The fourth-order valence-corrected chi connectivity index (χ4v) is 16.5. The van der Waals surface area contributed by atoms with E-state index in [-0.39, 0.29) is 28.4 Å². The van der Waals surface area contributed by atoms with E-state index in [2.05, 4.69) is 279 Å². The second-order valence-corrected chi connectivity index (χ2v) is 26.0. The van der Waals surface area contributed by atoms with Gasteiger partial charge in [-0.15, -0.1) is 11.3 Å². The highest BCUT2D eigenvalue weighted by molar-refractivity contribution is 7.26. The number of anilines is 6. The zero-order valence-electron chi connectivity index (χ0n) is 46.4. The summed E-state index contributed by atoms with van der Waals surface area (Å²) in [6.07, 6.45) is 0. The van der Waals surface area contributed by atoms with Crippen molar-refractivity contribution in [3.05, 3.63) is 256 Å². The first-order chi connectivity index (χ1) is 37.6. The molecule has 11 aromatic rings. The molecule has 0 atom stereocenters. The van der Waals surface area contributed by atoms with Crippen molar-refractivity contribution in [2.75, 3.05) is 9.80 Å². The van der Waals surface area contributed by atoms with E-state index in [1.807, 2.05) is 11.3 Å². The SMILES string of the molecule is Cc1cccc(C)c1-c1cc2c3c(c1)N(c1ccccc1-c1ccccc1)c1c(ccc4c1sc1ccccc14)B3c1cc3c(cc1N2c1ccc2c(c1)C(C)(C)c1ccccc1C2(C)C)C(C)(C)c1ccccc1C3(C)C. The average molecular weight is 1020 g/mol. The maximum absolute atomic E-state index is 2.71. The monoisotopic (exact) mass is 1020 g/mol. The highest BCUT2D eigenvalue weighted by Gasteiger charge is 2.50. The van der Waals surface area contributed by atoms with E-state index in [1.165, 1.54) is 149 Å². The van der Waals surface area contributed by atoms with Gasteiger partial charge in [-0.25, -0.2) is 0 Å². The molecule has 0 spiro atoms. The lowest BCUT2D eigenvalue weighted by Gasteiger charge is -2.49. The number of aryl methyl sites for hydroxylation is 2. The summed E-state index contributed by atoms with van der Waals surface area (Å²) in [5, 5.41) is 2.61. The number of hydrogen-bond acceptors (Lipinski definition) is 3. The molecule has 2 nitrogen and oxygen atoms in total. The van der Waals surface area contributed by atoms with Gasteiger partial charge in [-0.3, -0.25) is 0 Å². The Morgan fingerprint density at radius 2 is 0.910 bits per heavy atom. The Morgan fingerprint density at radius 1 is 0.372 bits per heavy atom. The number of nitrogens with zero attached hydrogens (tertiary/aromatic N) is 2. The molecule has 0 amide bonds. The van der Waals surface area contributed by atoms with Crippen molar-refractivity contribution < 1.29 is 0 Å². The third kappa shape index (κ3) is 6.33. The van der Waals surface area contributed by atoms with Gasteiger partial charge in [0.25, 0.3) is 6.71 Å². The van der Waals surface area contributed by atoms with Gasteiger partial charge in [-0.1, -0.05) is 213 Å². The van der Waals surface area contributed by atoms with Gasteiger partial charge in [0.05, 0.1) is 16.1 Å². The van der Waals surface area contributed by atoms with Gasteiger partial charge in [0.2, 0.25) is 0 Å². The summed E-state index contributed by atoms with van der Waals surface area (Å²) in [6.45, 7) is 24.1. The summed E-state index contributed by atoms with van der Waals surface area (Å²) < 4.78 is 2.62. The Hall–Kier alpha value is -7.92. The molecular weight excluding hydrogens is 960 g/mol. The predicted molar refractivity (Wildman–Crippen MR) is 335 cm³/mol. The maximum Gasteiger partial charge on any atom is 0.252 e. The van der Waals surface area contributed by atoms with Crippen LogP contribution in [0.2, 0.25) is 0 Å². The van der Waals surface area contributed by atoms with Gasteiger partial charge in [-0.2, -0.15) is 0 Å². The van der Waals surface area contributed by atoms with Gasteiger partial charge in [-0.05, 0) is 145 Å². The van der Waals surface area contributed by atoms with Crippen molar-refractivity contribution in [1.29, 1.82) is 0 Å². The Morgan fingerprint density at radius 3 is 1.58 bits per heavy atom. The van der Waals surface area contributed by atoms with Crippen molar-refractivity contribution in [2.24, 2.45) is 0 Å². The van der Waals surface area contributed by atoms with Crippen LogP contribution in [0.3, 0.4) is 0 Å². The Balaban J connectivity index is 1.12. The molecule has 0 fully saturated rings. The Kier molecular flexibility index (Phi) is 9.90. The molecule has 0 saturated heterocycles. The van der Waals surface area contributed by atoms with Crippen LogP contribution in [0.15, 0.2) is 200 Å². The maximum atomic E-state index is 2.71. The Labute approximate surface area is 464 Å². The van der Waals surface area contributed by atoms with E-state index in [0.717, 1.165) is 0 Å². The van der Waals surface area contributed by atoms with Crippen molar-refractivity contribution in [2.45, 2.75) is 90.9 Å². The van der Waals surface area contributed by atoms with Crippen LogP contribution in [0.5, 0.6) is 0 Å². The quantitative estimate of drug-likeness (QED) is 0.162. The molecule has 15 rings (SSSR count). The second kappa shape index (κ2) is 16.3. The summed E-state index contributed by atoms with van der Waals surface area (Å²) in [7, 11) is 0. The van der Waals surface area contributed by atoms with Crippen molar-refractivity contribution in [3.63, 3.8) is 0 Å². The van der Waals surface area contributed by atoms with E-state index < -0.39 is 0 Å². The molecule has 10 aromatic carbocycles. The fraction of sp³-hybridized carbons (Fsp3) is 0.189. The van der Waals surface area contributed by atoms with Crippen molar-refractivity contribution in [3.8, 4) is 22.3 Å². The highest BCUT2D eigenvalue weighted by atomic mass is 32.1. The van der Waals surface area contributed by atoms with E-state index in [1.54, 1.807) is 0 Å². The lowest BCUT2D eigenvalue weighted by molar-refractivity contribution is 0.520. The largest absolute Gasteiger partial charge is 0.311 e. The third-order valence-corrected chi connectivity index (χ3v) is 20.4. The minimum Gasteiger partial charge on any atom is -0.311 e. The smallest absolute Gasteiger partial charge is 0.252 e. The highest BCUT2D eigenvalue weighted by Crippen LogP contribution is 2.57. The lowest BCUT2D eigenvalue weighted by Crippen LogP contribution is -2.62. The minimum absolute atomic E-state index is 0.0840. The van der Waals surface area contributed by atoms with Gasteiger partial charge in [0.15, 0.2) is 0 Å². The molecule has 378 valence electrons. The Bertz CT molecular complexity index is 4360. The second-order valence-electron chi connectivity index (χ2n) is 24.9. The molecular formula is C74H63BN2S. The summed E-state index contributed by atoms with van der Waals surface area (Å²) in [6, 6.07) is 77.4. The molecule has 0 saturated carbocycles. The average Bonchev–Trinajstić information content (AvgIpc) is 2.72. The number of benzene rings is 10. The molecule has 4 aliphatic rings. The van der Waals surface area contributed by atoms with E-state index in [0.29, 0.717) is 0 Å². The number of hydrogen-bond donors (Lipinski definition) is 0. The van der Waals surface area contributed by atoms with Crippen LogP contribution in [0, 0.1) is 13.8 Å². The molecule has 78 heavy (non-hydrogen) atoms. The topological polar surface area (TPSA) is 6.48 Å².